The number of carboxylic acid groups (broad SMARTS) is 1. The van der Waals surface area contributed by atoms with Crippen LogP contribution in [0.2, 0.25) is 5.02 Å². The van der Waals surface area contributed by atoms with Gasteiger partial charge in [0.2, 0.25) is 0 Å². The summed E-state index contributed by atoms with van der Waals surface area (Å²) in [6.45, 7) is 0. The standard InChI is InChI=1S/C30H22ClN3O3/c31-24-4-1-3-22(17-24)25-5-2-6-27(33-25)34-26-18-32-37-28(26)21-9-7-19(8-10-21)20-11-13-23(14-12-20)30(15-16-30)29(35)36/h1-14,17-18H,15-16H2,(H,33,34)(H,35,36). The predicted octanol–water partition coefficient (Wildman–Crippen LogP) is 7.58. The highest BCUT2D eigenvalue weighted by molar-refractivity contribution is 6.30. The number of rotatable bonds is 7. The number of hydrogen-bond acceptors (Lipinski definition) is 5. The first kappa shape index (κ1) is 23.0. The summed E-state index contributed by atoms with van der Waals surface area (Å²) >= 11 is 6.14. The molecule has 6 nitrogen and oxygen atoms in total. The van der Waals surface area contributed by atoms with Gasteiger partial charge in [-0.2, -0.15) is 0 Å². The number of nitrogens with zero attached hydrogens (tertiary/aromatic N) is 2. The zero-order valence-corrected chi connectivity index (χ0v) is 20.4. The van der Waals surface area contributed by atoms with Gasteiger partial charge in [-0.3, -0.25) is 4.79 Å². The molecule has 1 saturated carbocycles. The van der Waals surface area contributed by atoms with Gasteiger partial charge in [0.05, 0.1) is 17.3 Å². The number of nitrogens with one attached hydrogen (secondary N) is 1. The monoisotopic (exact) mass is 507 g/mol. The van der Waals surface area contributed by atoms with E-state index in [2.05, 4.69) is 10.5 Å². The van der Waals surface area contributed by atoms with Crippen LogP contribution in [0.25, 0.3) is 33.7 Å². The van der Waals surface area contributed by atoms with E-state index in [4.69, 9.17) is 21.1 Å². The molecule has 0 aliphatic heterocycles. The van der Waals surface area contributed by atoms with Crippen LogP contribution in [0, 0.1) is 0 Å². The molecule has 0 saturated heterocycles. The topological polar surface area (TPSA) is 88.2 Å². The quantitative estimate of drug-likeness (QED) is 0.236. The maximum atomic E-state index is 11.6. The molecule has 0 bridgehead atoms. The molecule has 6 rings (SSSR count). The van der Waals surface area contributed by atoms with Gasteiger partial charge in [0.15, 0.2) is 5.76 Å². The Morgan fingerprint density at radius 2 is 1.54 bits per heavy atom. The van der Waals surface area contributed by atoms with Crippen molar-refractivity contribution in [2.75, 3.05) is 5.32 Å². The summed E-state index contributed by atoms with van der Waals surface area (Å²) in [5.74, 6) is 0.523. The first-order chi connectivity index (χ1) is 18.0. The fourth-order valence-electron chi connectivity index (χ4n) is 4.53. The van der Waals surface area contributed by atoms with Crippen LogP contribution in [-0.4, -0.2) is 21.2 Å². The van der Waals surface area contributed by atoms with Crippen LogP contribution >= 0.6 is 11.6 Å². The van der Waals surface area contributed by atoms with Crippen LogP contribution in [0.5, 0.6) is 0 Å². The summed E-state index contributed by atoms with van der Waals surface area (Å²) in [5, 5.41) is 17.5. The van der Waals surface area contributed by atoms with Crippen molar-refractivity contribution < 1.29 is 14.4 Å². The van der Waals surface area contributed by atoms with Crippen molar-refractivity contribution in [2.45, 2.75) is 18.3 Å². The van der Waals surface area contributed by atoms with Gasteiger partial charge in [-0.25, -0.2) is 4.98 Å². The molecular weight excluding hydrogens is 486 g/mol. The Bertz CT molecular complexity index is 1590. The van der Waals surface area contributed by atoms with Crippen molar-refractivity contribution in [3.63, 3.8) is 0 Å². The first-order valence-electron chi connectivity index (χ1n) is 11.9. The minimum Gasteiger partial charge on any atom is -0.481 e. The van der Waals surface area contributed by atoms with Crippen LogP contribution in [0.1, 0.15) is 18.4 Å². The zero-order valence-electron chi connectivity index (χ0n) is 19.7. The van der Waals surface area contributed by atoms with Gasteiger partial charge in [-0.05, 0) is 53.8 Å². The predicted molar refractivity (Wildman–Crippen MR) is 144 cm³/mol. The number of carbonyl (C=O) groups is 1. The lowest BCUT2D eigenvalue weighted by molar-refractivity contribution is -0.140. The van der Waals surface area contributed by atoms with E-state index in [1.54, 1.807) is 6.20 Å². The van der Waals surface area contributed by atoms with Crippen LogP contribution in [0.4, 0.5) is 11.5 Å². The molecule has 5 aromatic rings. The smallest absolute Gasteiger partial charge is 0.314 e. The third-order valence-corrected chi connectivity index (χ3v) is 7.02. The third-order valence-electron chi connectivity index (χ3n) is 6.78. The van der Waals surface area contributed by atoms with E-state index in [9.17, 15) is 9.90 Å². The molecule has 0 atom stereocenters. The van der Waals surface area contributed by atoms with Crippen molar-refractivity contribution in [1.29, 1.82) is 0 Å². The second-order valence-corrected chi connectivity index (χ2v) is 9.59. The molecule has 0 radical (unpaired) electrons. The molecule has 0 unspecified atom stereocenters. The summed E-state index contributed by atoms with van der Waals surface area (Å²) in [4.78, 5) is 16.3. The van der Waals surface area contributed by atoms with Gasteiger partial charge in [-0.1, -0.05) is 83.5 Å². The van der Waals surface area contributed by atoms with Gasteiger partial charge >= 0.3 is 5.97 Å². The highest BCUT2D eigenvalue weighted by Gasteiger charge is 2.51. The van der Waals surface area contributed by atoms with Crippen molar-refractivity contribution in [1.82, 2.24) is 10.1 Å². The number of aliphatic carboxylic acids is 1. The second-order valence-electron chi connectivity index (χ2n) is 9.15. The van der Waals surface area contributed by atoms with Crippen molar-refractivity contribution in [2.24, 2.45) is 0 Å². The number of pyridine rings is 1. The lowest BCUT2D eigenvalue weighted by atomic mass is 9.93. The second kappa shape index (κ2) is 9.22. The average Bonchev–Trinajstić information content (AvgIpc) is 3.62. The van der Waals surface area contributed by atoms with Gasteiger partial charge in [0.25, 0.3) is 0 Å². The molecule has 1 aliphatic rings. The Balaban J connectivity index is 1.21. The maximum absolute atomic E-state index is 11.6. The average molecular weight is 508 g/mol. The van der Waals surface area contributed by atoms with E-state index >= 15 is 0 Å². The maximum Gasteiger partial charge on any atom is 0.314 e. The summed E-state index contributed by atoms with van der Waals surface area (Å²) in [6.07, 6.45) is 3.03. The lowest BCUT2D eigenvalue weighted by Gasteiger charge is -2.11. The Morgan fingerprint density at radius 1 is 0.865 bits per heavy atom. The Hall–Kier alpha value is -4.42. The summed E-state index contributed by atoms with van der Waals surface area (Å²) in [6, 6.07) is 29.1. The Morgan fingerprint density at radius 3 is 2.22 bits per heavy atom. The lowest BCUT2D eigenvalue weighted by Crippen LogP contribution is -2.19. The van der Waals surface area contributed by atoms with E-state index in [1.807, 2.05) is 91.0 Å². The molecule has 3 aromatic carbocycles. The number of halogens is 1. The molecule has 0 amide bonds. The van der Waals surface area contributed by atoms with E-state index in [1.165, 1.54) is 0 Å². The minimum atomic E-state index is -0.743. The number of anilines is 2. The Labute approximate surface area is 218 Å². The molecule has 37 heavy (non-hydrogen) atoms. The number of carboxylic acids is 1. The van der Waals surface area contributed by atoms with Crippen LogP contribution < -0.4 is 5.32 Å². The van der Waals surface area contributed by atoms with Crippen LogP contribution in [0.3, 0.4) is 0 Å². The molecule has 182 valence electrons. The van der Waals surface area contributed by atoms with Gasteiger partial charge in [0, 0.05) is 16.1 Å². The normalized spacial score (nSPS) is 13.8. The summed E-state index contributed by atoms with van der Waals surface area (Å²) < 4.78 is 5.57. The highest BCUT2D eigenvalue weighted by atomic mass is 35.5. The molecule has 1 fully saturated rings. The van der Waals surface area contributed by atoms with E-state index < -0.39 is 11.4 Å². The molecule has 2 N–H and O–H groups in total. The molecular formula is C30H22ClN3O3. The third kappa shape index (κ3) is 4.47. The van der Waals surface area contributed by atoms with Crippen molar-refractivity contribution >= 4 is 29.1 Å². The van der Waals surface area contributed by atoms with Crippen molar-refractivity contribution in [3.8, 4) is 33.7 Å². The Kier molecular flexibility index (Phi) is 5.74. The SMILES string of the molecule is O=C(O)C1(c2ccc(-c3ccc(-c4oncc4Nc4cccc(-c5cccc(Cl)c5)n4)cc3)cc2)CC1. The molecule has 2 heterocycles. The summed E-state index contributed by atoms with van der Waals surface area (Å²) in [7, 11) is 0. The van der Waals surface area contributed by atoms with Gasteiger partial charge < -0.3 is 14.9 Å². The van der Waals surface area contributed by atoms with E-state index in [0.717, 1.165) is 33.5 Å². The molecule has 7 heteroatoms. The minimum absolute atomic E-state index is 0.606. The summed E-state index contributed by atoms with van der Waals surface area (Å²) in [5.41, 5.74) is 5.53. The van der Waals surface area contributed by atoms with E-state index in [-0.39, 0.29) is 0 Å². The van der Waals surface area contributed by atoms with Crippen LogP contribution in [-0.2, 0) is 10.2 Å². The number of benzene rings is 3. The van der Waals surface area contributed by atoms with Crippen molar-refractivity contribution in [3.05, 3.63) is 108 Å². The fourth-order valence-corrected chi connectivity index (χ4v) is 4.72. The first-order valence-corrected chi connectivity index (χ1v) is 12.3. The molecule has 1 aliphatic carbocycles. The molecule has 0 spiro atoms. The van der Waals surface area contributed by atoms with Gasteiger partial charge in [-0.15, -0.1) is 0 Å². The number of aromatic nitrogens is 2. The van der Waals surface area contributed by atoms with Gasteiger partial charge in [0.1, 0.15) is 11.5 Å². The zero-order chi connectivity index (χ0) is 25.4. The number of hydrogen-bond donors (Lipinski definition) is 2. The highest BCUT2D eigenvalue weighted by Crippen LogP contribution is 2.48. The van der Waals surface area contributed by atoms with Crippen LogP contribution in [0.15, 0.2) is 102 Å². The van der Waals surface area contributed by atoms with E-state index in [0.29, 0.717) is 35.1 Å². The fraction of sp³-hybridized carbons (Fsp3) is 0.100. The molecule has 2 aromatic heterocycles. The largest absolute Gasteiger partial charge is 0.481 e.